The van der Waals surface area contributed by atoms with Gasteiger partial charge in [0.1, 0.15) is 0 Å². The molecule has 20 heavy (non-hydrogen) atoms. The average Bonchev–Trinajstić information content (AvgIpc) is 2.43. The maximum atomic E-state index is 13.6. The molecule has 0 aromatic heterocycles. The molecule has 0 spiro atoms. The minimum atomic E-state index is -1.70. The number of piperidine rings is 1. The van der Waals surface area contributed by atoms with Crippen LogP contribution in [-0.2, 0) is 0 Å². The molecule has 0 radical (unpaired) electrons. The Morgan fingerprint density at radius 3 is 2.75 bits per heavy atom. The topological polar surface area (TPSA) is 61.4 Å². The number of hydrogen-bond acceptors (Lipinski definition) is 3. The molecule has 0 aliphatic carbocycles. The monoisotopic (exact) mass is 288 g/mol. The van der Waals surface area contributed by atoms with Crippen LogP contribution in [0, 0.1) is 17.5 Å². The van der Waals surface area contributed by atoms with Gasteiger partial charge in [0.25, 0.3) is 5.91 Å². The van der Waals surface area contributed by atoms with Crippen LogP contribution in [0.5, 0.6) is 5.75 Å². The van der Waals surface area contributed by atoms with Crippen LogP contribution >= 0.6 is 0 Å². The molecule has 1 aromatic rings. The lowest BCUT2D eigenvalue weighted by Gasteiger charge is -2.30. The molecule has 0 bridgehead atoms. The Balaban J connectivity index is 2.21. The van der Waals surface area contributed by atoms with E-state index in [0.29, 0.717) is 12.5 Å². The van der Waals surface area contributed by atoms with Crippen LogP contribution in [0.3, 0.4) is 0 Å². The predicted octanol–water partition coefficient (Wildman–Crippen LogP) is 1.68. The van der Waals surface area contributed by atoms with Gasteiger partial charge < -0.3 is 15.7 Å². The summed E-state index contributed by atoms with van der Waals surface area (Å²) in [5, 5.41) is 14.8. The summed E-state index contributed by atoms with van der Waals surface area (Å²) in [6.07, 6.45) is 1.55. The van der Waals surface area contributed by atoms with Crippen LogP contribution in [0.2, 0.25) is 0 Å². The summed E-state index contributed by atoms with van der Waals surface area (Å²) in [5.41, 5.74) is -0.709. The minimum absolute atomic E-state index is 0.00495. The van der Waals surface area contributed by atoms with Crippen LogP contribution in [0.15, 0.2) is 6.07 Å². The summed E-state index contributed by atoms with van der Waals surface area (Å²) in [5.74, 6) is -6.99. The first-order chi connectivity index (χ1) is 9.41. The predicted molar refractivity (Wildman–Crippen MR) is 65.9 cm³/mol. The third-order valence-corrected chi connectivity index (χ3v) is 3.46. The van der Waals surface area contributed by atoms with Gasteiger partial charge in [-0.15, -0.1) is 0 Å². The van der Waals surface area contributed by atoms with E-state index >= 15 is 0 Å². The van der Waals surface area contributed by atoms with Gasteiger partial charge >= 0.3 is 0 Å². The number of nitrogens with one attached hydrogen (secondary N) is 2. The molecule has 2 atom stereocenters. The molecule has 110 valence electrons. The number of phenolic OH excluding ortho intramolecular Hbond substituents is 1. The minimum Gasteiger partial charge on any atom is -0.503 e. The second-order valence-electron chi connectivity index (χ2n) is 4.85. The van der Waals surface area contributed by atoms with Gasteiger partial charge in [0.05, 0.1) is 5.56 Å². The highest BCUT2D eigenvalue weighted by Crippen LogP contribution is 2.26. The first-order valence-corrected chi connectivity index (χ1v) is 6.32. The molecule has 1 fully saturated rings. The number of rotatable bonds is 2. The maximum Gasteiger partial charge on any atom is 0.254 e. The molecule has 1 aliphatic rings. The number of halogens is 3. The normalized spacial score (nSPS) is 22.6. The van der Waals surface area contributed by atoms with E-state index in [1.807, 2.05) is 6.92 Å². The van der Waals surface area contributed by atoms with Crippen molar-refractivity contribution in [3.8, 4) is 5.75 Å². The molecule has 7 heteroatoms. The highest BCUT2D eigenvalue weighted by Gasteiger charge is 2.27. The van der Waals surface area contributed by atoms with Crippen LogP contribution in [-0.4, -0.2) is 29.6 Å². The molecule has 1 saturated heterocycles. The molecule has 2 unspecified atom stereocenters. The molecule has 2 rings (SSSR count). The van der Waals surface area contributed by atoms with Crippen molar-refractivity contribution < 1.29 is 23.1 Å². The molecular formula is C13H15F3N2O2. The molecule has 1 aliphatic heterocycles. The van der Waals surface area contributed by atoms with Crippen molar-refractivity contribution >= 4 is 5.91 Å². The Morgan fingerprint density at radius 2 is 2.10 bits per heavy atom. The Labute approximate surface area is 114 Å². The zero-order chi connectivity index (χ0) is 14.9. The van der Waals surface area contributed by atoms with Gasteiger partial charge in [0.15, 0.2) is 17.4 Å². The van der Waals surface area contributed by atoms with Gasteiger partial charge in [0.2, 0.25) is 5.82 Å². The van der Waals surface area contributed by atoms with Gasteiger partial charge in [0, 0.05) is 12.1 Å². The van der Waals surface area contributed by atoms with E-state index in [-0.39, 0.29) is 12.1 Å². The van der Waals surface area contributed by atoms with Gasteiger partial charge in [-0.3, -0.25) is 4.79 Å². The lowest BCUT2D eigenvalue weighted by atomic mass is 9.99. The maximum absolute atomic E-state index is 13.6. The van der Waals surface area contributed by atoms with Crippen LogP contribution < -0.4 is 10.6 Å². The Kier molecular flexibility index (Phi) is 4.17. The zero-order valence-corrected chi connectivity index (χ0v) is 10.8. The fourth-order valence-corrected chi connectivity index (χ4v) is 2.24. The van der Waals surface area contributed by atoms with Gasteiger partial charge in [-0.1, -0.05) is 0 Å². The smallest absolute Gasteiger partial charge is 0.254 e. The van der Waals surface area contributed by atoms with Crippen molar-refractivity contribution in [2.75, 3.05) is 6.54 Å². The van der Waals surface area contributed by atoms with Crippen molar-refractivity contribution in [1.29, 1.82) is 0 Å². The van der Waals surface area contributed by atoms with Crippen molar-refractivity contribution in [2.24, 2.45) is 0 Å². The highest BCUT2D eigenvalue weighted by molar-refractivity contribution is 5.95. The molecule has 4 nitrogen and oxygen atoms in total. The SMILES string of the molecule is CC1NCCCC1NC(=O)c1cc(F)c(F)c(O)c1F. The number of amides is 1. The Hall–Kier alpha value is -1.76. The van der Waals surface area contributed by atoms with Crippen molar-refractivity contribution in [3.63, 3.8) is 0 Å². The largest absolute Gasteiger partial charge is 0.503 e. The van der Waals surface area contributed by atoms with E-state index in [4.69, 9.17) is 5.11 Å². The molecule has 1 aromatic carbocycles. The zero-order valence-electron chi connectivity index (χ0n) is 10.8. The summed E-state index contributed by atoms with van der Waals surface area (Å²) in [6.45, 7) is 2.69. The lowest BCUT2D eigenvalue weighted by Crippen LogP contribution is -2.52. The van der Waals surface area contributed by atoms with E-state index < -0.39 is 34.7 Å². The van der Waals surface area contributed by atoms with Gasteiger partial charge in [-0.25, -0.2) is 8.78 Å². The first kappa shape index (κ1) is 14.6. The molecule has 3 N–H and O–H groups in total. The van der Waals surface area contributed by atoms with Crippen LogP contribution in [0.1, 0.15) is 30.1 Å². The first-order valence-electron chi connectivity index (χ1n) is 6.32. The number of phenols is 1. The molecular weight excluding hydrogens is 273 g/mol. The third kappa shape index (κ3) is 2.72. The quantitative estimate of drug-likeness (QED) is 0.726. The van der Waals surface area contributed by atoms with Crippen LogP contribution in [0.25, 0.3) is 0 Å². The number of benzene rings is 1. The summed E-state index contributed by atoms with van der Waals surface area (Å²) in [6, 6.07) is 0.209. The van der Waals surface area contributed by atoms with Gasteiger partial charge in [-0.2, -0.15) is 4.39 Å². The number of carbonyl (C=O) groups excluding carboxylic acids is 1. The van der Waals surface area contributed by atoms with E-state index in [1.54, 1.807) is 0 Å². The molecule has 1 amide bonds. The number of carbonyl (C=O) groups is 1. The fraction of sp³-hybridized carbons (Fsp3) is 0.462. The van der Waals surface area contributed by atoms with Crippen molar-refractivity contribution in [3.05, 3.63) is 29.1 Å². The number of aromatic hydroxyl groups is 1. The van der Waals surface area contributed by atoms with E-state index in [0.717, 1.165) is 13.0 Å². The third-order valence-electron chi connectivity index (χ3n) is 3.46. The Bertz CT molecular complexity index is 537. The molecule has 1 heterocycles. The average molecular weight is 288 g/mol. The second kappa shape index (κ2) is 5.70. The van der Waals surface area contributed by atoms with E-state index in [2.05, 4.69) is 10.6 Å². The summed E-state index contributed by atoms with van der Waals surface area (Å²) in [4.78, 5) is 11.9. The Morgan fingerprint density at radius 1 is 1.40 bits per heavy atom. The van der Waals surface area contributed by atoms with Crippen molar-refractivity contribution in [2.45, 2.75) is 31.8 Å². The molecule has 0 saturated carbocycles. The lowest BCUT2D eigenvalue weighted by molar-refractivity contribution is 0.0914. The fourth-order valence-electron chi connectivity index (χ4n) is 2.24. The van der Waals surface area contributed by atoms with E-state index in [1.165, 1.54) is 0 Å². The highest BCUT2D eigenvalue weighted by atomic mass is 19.2. The van der Waals surface area contributed by atoms with Crippen LogP contribution in [0.4, 0.5) is 13.2 Å². The van der Waals surface area contributed by atoms with Gasteiger partial charge in [-0.05, 0) is 32.4 Å². The summed E-state index contributed by atoms with van der Waals surface area (Å²) in [7, 11) is 0. The standard InChI is InChI=1S/C13H15F3N2O2/c1-6-9(3-2-4-17-6)18-13(20)7-5-8(14)11(16)12(19)10(7)15/h5-6,9,17,19H,2-4H2,1H3,(H,18,20). The second-order valence-corrected chi connectivity index (χ2v) is 4.85. The summed E-state index contributed by atoms with van der Waals surface area (Å²) >= 11 is 0. The summed E-state index contributed by atoms with van der Waals surface area (Å²) < 4.78 is 39.7. The van der Waals surface area contributed by atoms with E-state index in [9.17, 15) is 18.0 Å². The number of hydrogen-bond donors (Lipinski definition) is 3. The van der Waals surface area contributed by atoms with Crippen molar-refractivity contribution in [1.82, 2.24) is 10.6 Å².